The summed E-state index contributed by atoms with van der Waals surface area (Å²) in [6, 6.07) is 0. The second-order valence-electron chi connectivity index (χ2n) is 12.2. The highest BCUT2D eigenvalue weighted by Gasteiger charge is 2.24. The van der Waals surface area contributed by atoms with E-state index >= 15 is 0 Å². The first-order valence-corrected chi connectivity index (χ1v) is 17.5. The van der Waals surface area contributed by atoms with E-state index in [-0.39, 0.29) is 0 Å². The summed E-state index contributed by atoms with van der Waals surface area (Å²) in [6.07, 6.45) is 44.0. The van der Waals surface area contributed by atoms with Crippen LogP contribution in [0.4, 0.5) is 0 Å². The van der Waals surface area contributed by atoms with Crippen molar-refractivity contribution in [2.75, 3.05) is 13.1 Å². The number of hydrogen-bond acceptors (Lipinski definition) is 2. The van der Waals surface area contributed by atoms with Crippen LogP contribution in [0.3, 0.4) is 0 Å². The molecule has 1 aliphatic heterocycles. The minimum atomic E-state index is 0.641. The third-order valence-electron chi connectivity index (χ3n) is 8.57. The molecule has 0 aromatic carbocycles. The van der Waals surface area contributed by atoms with E-state index in [1.807, 2.05) is 0 Å². The van der Waals surface area contributed by atoms with E-state index in [4.69, 9.17) is 0 Å². The lowest BCUT2D eigenvalue weighted by Crippen LogP contribution is -2.39. The fourth-order valence-electron chi connectivity index (χ4n) is 6.01. The van der Waals surface area contributed by atoms with E-state index in [2.05, 4.69) is 43.0 Å². The van der Waals surface area contributed by atoms with E-state index < -0.39 is 0 Å². The zero-order chi connectivity index (χ0) is 26.7. The summed E-state index contributed by atoms with van der Waals surface area (Å²) < 4.78 is 0. The Hall–Kier alpha value is -0.660. The van der Waals surface area contributed by atoms with Gasteiger partial charge in [-0.1, -0.05) is 168 Å². The molecule has 0 saturated carbocycles. The minimum absolute atomic E-state index is 0.641. The number of unbranched alkanes of at least 4 members (excludes halogenated alkanes) is 23. The molecular weight excluding hydrogens is 448 g/mol. The van der Waals surface area contributed by atoms with Gasteiger partial charge in [0.05, 0.1) is 0 Å². The van der Waals surface area contributed by atoms with E-state index in [1.54, 1.807) is 0 Å². The molecule has 1 unspecified atom stereocenters. The summed E-state index contributed by atoms with van der Waals surface area (Å²) in [6.45, 7) is 9.48. The molecule has 2 nitrogen and oxygen atoms in total. The van der Waals surface area contributed by atoms with Crippen molar-refractivity contribution < 1.29 is 0 Å². The van der Waals surface area contributed by atoms with Gasteiger partial charge in [-0.25, -0.2) is 0 Å². The van der Waals surface area contributed by atoms with Gasteiger partial charge in [-0.05, 0) is 25.7 Å². The van der Waals surface area contributed by atoms with Gasteiger partial charge in [-0.3, -0.25) is 0 Å². The summed E-state index contributed by atoms with van der Waals surface area (Å²) in [5.41, 5.74) is 0. The van der Waals surface area contributed by atoms with Crippen molar-refractivity contribution in [3.8, 4) is 0 Å². The molecule has 0 aromatic heterocycles. The van der Waals surface area contributed by atoms with E-state index in [0.717, 1.165) is 0 Å². The molecule has 0 amide bonds. The van der Waals surface area contributed by atoms with Crippen molar-refractivity contribution >= 4 is 0 Å². The summed E-state index contributed by atoms with van der Waals surface area (Å²) in [5, 5.41) is 0. The predicted octanol–water partition coefficient (Wildman–Crippen LogP) is 12.0. The van der Waals surface area contributed by atoms with Crippen LogP contribution < -0.4 is 0 Å². The van der Waals surface area contributed by atoms with Crippen molar-refractivity contribution in [3.05, 3.63) is 12.4 Å². The Bertz CT molecular complexity index is 474. The van der Waals surface area contributed by atoms with Gasteiger partial charge < -0.3 is 9.80 Å². The fraction of sp³-hybridized carbons (Fsp3) is 0.943. The summed E-state index contributed by atoms with van der Waals surface area (Å²) in [7, 11) is 0. The Balaban J connectivity index is 2.09. The van der Waals surface area contributed by atoms with Gasteiger partial charge in [0.15, 0.2) is 0 Å². The number of rotatable bonds is 29. The fourth-order valence-corrected chi connectivity index (χ4v) is 6.01. The molecule has 220 valence electrons. The van der Waals surface area contributed by atoms with Crippen LogP contribution in [-0.2, 0) is 0 Å². The molecule has 0 aromatic rings. The Morgan fingerprint density at radius 2 is 0.622 bits per heavy atom. The SMILES string of the molecule is CCCCCCCCCCCCCCN1C=CN(CCCCCCCCCCCCC)C1CCCCC. The predicted molar refractivity (Wildman–Crippen MR) is 168 cm³/mol. The largest absolute Gasteiger partial charge is 0.356 e. The van der Waals surface area contributed by atoms with Gasteiger partial charge in [0, 0.05) is 25.5 Å². The van der Waals surface area contributed by atoms with Crippen LogP contribution in [0.5, 0.6) is 0 Å². The zero-order valence-corrected chi connectivity index (χ0v) is 26.1. The van der Waals surface area contributed by atoms with Crippen LogP contribution in [0.25, 0.3) is 0 Å². The molecule has 0 N–H and O–H groups in total. The normalized spacial score (nSPS) is 15.4. The molecule has 0 aliphatic carbocycles. The molecule has 1 rings (SSSR count). The smallest absolute Gasteiger partial charge is 0.101 e. The van der Waals surface area contributed by atoms with Crippen LogP contribution in [0.1, 0.15) is 194 Å². The molecule has 2 heteroatoms. The van der Waals surface area contributed by atoms with Crippen molar-refractivity contribution in [1.29, 1.82) is 0 Å². The van der Waals surface area contributed by atoms with E-state index in [9.17, 15) is 0 Å². The highest BCUT2D eigenvalue weighted by molar-refractivity contribution is 4.97. The lowest BCUT2D eigenvalue weighted by Gasteiger charge is -2.33. The second-order valence-corrected chi connectivity index (χ2v) is 12.2. The first-order valence-electron chi connectivity index (χ1n) is 17.5. The molecular formula is C35H70N2. The van der Waals surface area contributed by atoms with Crippen LogP contribution in [-0.4, -0.2) is 29.1 Å². The molecule has 1 heterocycles. The molecule has 0 fully saturated rings. The summed E-state index contributed by atoms with van der Waals surface area (Å²) in [4.78, 5) is 5.37. The Labute approximate surface area is 235 Å². The third kappa shape index (κ3) is 20.0. The molecule has 0 radical (unpaired) electrons. The topological polar surface area (TPSA) is 6.48 Å². The lowest BCUT2D eigenvalue weighted by atomic mass is 10.1. The van der Waals surface area contributed by atoms with Crippen molar-refractivity contribution in [1.82, 2.24) is 9.80 Å². The van der Waals surface area contributed by atoms with E-state index in [1.165, 1.54) is 186 Å². The van der Waals surface area contributed by atoms with Crippen molar-refractivity contribution in [3.63, 3.8) is 0 Å². The maximum Gasteiger partial charge on any atom is 0.101 e. The van der Waals surface area contributed by atoms with Crippen molar-refractivity contribution in [2.45, 2.75) is 200 Å². The average molecular weight is 519 g/mol. The lowest BCUT2D eigenvalue weighted by molar-refractivity contribution is 0.135. The molecule has 0 spiro atoms. The van der Waals surface area contributed by atoms with Gasteiger partial charge in [-0.2, -0.15) is 0 Å². The first kappa shape index (κ1) is 34.4. The standard InChI is InChI=1S/C35H70N2/c1-4-7-10-12-14-16-18-20-22-24-26-29-32-37-34-33-36(35(37)30-27-9-6-3)31-28-25-23-21-19-17-15-13-11-8-5-2/h33-35H,4-32H2,1-3H3. The molecule has 37 heavy (non-hydrogen) atoms. The third-order valence-corrected chi connectivity index (χ3v) is 8.57. The molecule has 0 saturated heterocycles. The maximum atomic E-state index is 2.69. The molecule has 1 atom stereocenters. The highest BCUT2D eigenvalue weighted by Crippen LogP contribution is 2.23. The van der Waals surface area contributed by atoms with Gasteiger partial charge in [-0.15, -0.1) is 0 Å². The van der Waals surface area contributed by atoms with Gasteiger partial charge >= 0.3 is 0 Å². The number of hydrogen-bond donors (Lipinski definition) is 0. The Morgan fingerprint density at radius 3 is 0.946 bits per heavy atom. The first-order chi connectivity index (χ1) is 18.3. The quantitative estimate of drug-likeness (QED) is 0.0908. The van der Waals surface area contributed by atoms with Crippen LogP contribution >= 0.6 is 0 Å². The maximum absolute atomic E-state index is 2.69. The summed E-state index contributed by atoms with van der Waals surface area (Å²) >= 11 is 0. The second kappa shape index (κ2) is 26.9. The van der Waals surface area contributed by atoms with Crippen LogP contribution in [0, 0.1) is 0 Å². The Kier molecular flexibility index (Phi) is 25.0. The van der Waals surface area contributed by atoms with Crippen molar-refractivity contribution in [2.24, 2.45) is 0 Å². The Morgan fingerprint density at radius 1 is 0.351 bits per heavy atom. The van der Waals surface area contributed by atoms with E-state index in [0.29, 0.717) is 6.17 Å². The number of nitrogens with zero attached hydrogens (tertiary/aromatic N) is 2. The van der Waals surface area contributed by atoms with Crippen LogP contribution in [0.2, 0.25) is 0 Å². The van der Waals surface area contributed by atoms with Gasteiger partial charge in [0.25, 0.3) is 0 Å². The van der Waals surface area contributed by atoms with Crippen LogP contribution in [0.15, 0.2) is 12.4 Å². The molecule has 0 bridgehead atoms. The highest BCUT2D eigenvalue weighted by atomic mass is 15.4. The molecule has 1 aliphatic rings. The monoisotopic (exact) mass is 519 g/mol. The zero-order valence-electron chi connectivity index (χ0n) is 26.1. The van der Waals surface area contributed by atoms with Gasteiger partial charge in [0.1, 0.15) is 6.17 Å². The average Bonchev–Trinajstić information content (AvgIpc) is 3.29. The summed E-state index contributed by atoms with van der Waals surface area (Å²) in [5.74, 6) is 0. The van der Waals surface area contributed by atoms with Gasteiger partial charge in [0.2, 0.25) is 0 Å². The minimum Gasteiger partial charge on any atom is -0.356 e.